The predicted octanol–water partition coefficient (Wildman–Crippen LogP) is 3.31. The molecule has 2 aliphatic rings. The van der Waals surface area contributed by atoms with Crippen molar-refractivity contribution < 1.29 is 22.7 Å². The van der Waals surface area contributed by atoms with Gasteiger partial charge in [-0.2, -0.15) is 4.31 Å². The third-order valence-electron chi connectivity index (χ3n) is 6.18. The highest BCUT2D eigenvalue weighted by atomic mass is 32.2. The zero-order valence-electron chi connectivity index (χ0n) is 18.9. The molecule has 7 nitrogen and oxygen atoms in total. The van der Waals surface area contributed by atoms with E-state index in [0.717, 1.165) is 44.3 Å². The second-order valence-electron chi connectivity index (χ2n) is 8.52. The second-order valence-corrected chi connectivity index (χ2v) is 10.5. The molecule has 1 saturated heterocycles. The minimum absolute atomic E-state index is 0.0283. The van der Waals surface area contributed by atoms with Crippen LogP contribution in [-0.2, 0) is 27.7 Å². The SMILES string of the molecule is O=C(COc1cccc2c1CCCC2)NCCOc1ccc(S(=O)(=O)N2CCCCC2)cc1. The summed E-state index contributed by atoms with van der Waals surface area (Å²) in [6.45, 7) is 1.75. The van der Waals surface area contributed by atoms with E-state index in [2.05, 4.69) is 11.4 Å². The highest BCUT2D eigenvalue weighted by Crippen LogP contribution is 2.29. The van der Waals surface area contributed by atoms with Crippen molar-refractivity contribution in [1.29, 1.82) is 0 Å². The van der Waals surface area contributed by atoms with E-state index < -0.39 is 10.0 Å². The second kappa shape index (κ2) is 11.0. The topological polar surface area (TPSA) is 84.9 Å². The number of carbonyl (C=O) groups is 1. The molecule has 0 bridgehead atoms. The summed E-state index contributed by atoms with van der Waals surface area (Å²) in [6, 6.07) is 12.5. The van der Waals surface area contributed by atoms with Gasteiger partial charge in [-0.15, -0.1) is 0 Å². The van der Waals surface area contributed by atoms with Crippen LogP contribution in [0.5, 0.6) is 11.5 Å². The fourth-order valence-electron chi connectivity index (χ4n) is 4.40. The zero-order chi connectivity index (χ0) is 23.1. The van der Waals surface area contributed by atoms with Crippen molar-refractivity contribution in [2.75, 3.05) is 32.8 Å². The average Bonchev–Trinajstić information content (AvgIpc) is 2.86. The minimum atomic E-state index is -3.44. The molecular weight excluding hydrogens is 440 g/mol. The molecular formula is C25H32N2O5S. The van der Waals surface area contributed by atoms with Gasteiger partial charge in [0.1, 0.15) is 18.1 Å². The van der Waals surface area contributed by atoms with Crippen LogP contribution in [0.15, 0.2) is 47.4 Å². The highest BCUT2D eigenvalue weighted by Gasteiger charge is 2.25. The lowest BCUT2D eigenvalue weighted by Crippen LogP contribution is -2.35. The molecule has 1 aliphatic heterocycles. The Morgan fingerprint density at radius 2 is 1.67 bits per heavy atom. The van der Waals surface area contributed by atoms with Crippen LogP contribution in [0.3, 0.4) is 0 Å². The van der Waals surface area contributed by atoms with Crippen molar-refractivity contribution in [3.05, 3.63) is 53.6 Å². The predicted molar refractivity (Wildman–Crippen MR) is 126 cm³/mol. The lowest BCUT2D eigenvalue weighted by atomic mass is 9.91. The Morgan fingerprint density at radius 1 is 0.909 bits per heavy atom. The van der Waals surface area contributed by atoms with Gasteiger partial charge in [-0.3, -0.25) is 4.79 Å². The van der Waals surface area contributed by atoms with E-state index in [1.165, 1.54) is 17.5 Å². The van der Waals surface area contributed by atoms with Crippen molar-refractivity contribution >= 4 is 15.9 Å². The van der Waals surface area contributed by atoms with Crippen LogP contribution in [0.1, 0.15) is 43.2 Å². The summed E-state index contributed by atoms with van der Waals surface area (Å²) in [4.78, 5) is 12.4. The van der Waals surface area contributed by atoms with Crippen molar-refractivity contribution in [2.45, 2.75) is 49.8 Å². The lowest BCUT2D eigenvalue weighted by molar-refractivity contribution is -0.123. The molecule has 0 atom stereocenters. The summed E-state index contributed by atoms with van der Waals surface area (Å²) in [6.07, 6.45) is 7.32. The van der Waals surface area contributed by atoms with Gasteiger partial charge in [0.25, 0.3) is 5.91 Å². The first kappa shape index (κ1) is 23.6. The standard InChI is InChI=1S/C25H32N2O5S/c28-25(19-32-24-10-6-8-20-7-2-3-9-23(20)24)26-15-18-31-21-11-13-22(14-12-21)33(29,30)27-16-4-1-5-17-27/h6,8,10-14H,1-5,7,9,15-19H2,(H,26,28). The van der Waals surface area contributed by atoms with Crippen LogP contribution < -0.4 is 14.8 Å². The number of sulfonamides is 1. The Labute approximate surface area is 196 Å². The third kappa shape index (κ3) is 6.06. The quantitative estimate of drug-likeness (QED) is 0.566. The van der Waals surface area contributed by atoms with E-state index in [1.54, 1.807) is 28.6 Å². The summed E-state index contributed by atoms with van der Waals surface area (Å²) in [7, 11) is -3.44. The number of amides is 1. The Kier molecular flexibility index (Phi) is 7.88. The summed E-state index contributed by atoms with van der Waals surface area (Å²) in [5.41, 5.74) is 2.55. The van der Waals surface area contributed by atoms with Gasteiger partial charge in [0.15, 0.2) is 6.61 Å². The molecule has 4 rings (SSSR count). The Balaban J connectivity index is 1.19. The number of rotatable bonds is 9. The molecule has 2 aromatic rings. The molecule has 0 saturated carbocycles. The van der Waals surface area contributed by atoms with Crippen molar-refractivity contribution in [3.63, 3.8) is 0 Å². The summed E-state index contributed by atoms with van der Waals surface area (Å²) >= 11 is 0. The number of hydrogen-bond acceptors (Lipinski definition) is 5. The molecule has 1 aliphatic carbocycles. The van der Waals surface area contributed by atoms with Crippen LogP contribution in [0, 0.1) is 0 Å². The first-order chi connectivity index (χ1) is 16.0. The Bertz CT molecular complexity index is 1050. The van der Waals surface area contributed by atoms with E-state index in [0.29, 0.717) is 25.4 Å². The molecule has 0 radical (unpaired) electrons. The van der Waals surface area contributed by atoms with E-state index in [1.807, 2.05) is 12.1 Å². The number of nitrogens with one attached hydrogen (secondary N) is 1. The molecule has 0 unspecified atom stereocenters. The van der Waals surface area contributed by atoms with Gasteiger partial charge >= 0.3 is 0 Å². The van der Waals surface area contributed by atoms with E-state index in [9.17, 15) is 13.2 Å². The van der Waals surface area contributed by atoms with E-state index >= 15 is 0 Å². The van der Waals surface area contributed by atoms with E-state index in [-0.39, 0.29) is 24.0 Å². The molecule has 0 spiro atoms. The van der Waals surface area contributed by atoms with Crippen molar-refractivity contribution in [3.8, 4) is 11.5 Å². The smallest absolute Gasteiger partial charge is 0.258 e. The molecule has 178 valence electrons. The monoisotopic (exact) mass is 472 g/mol. The molecule has 33 heavy (non-hydrogen) atoms. The maximum absolute atomic E-state index is 12.7. The maximum atomic E-state index is 12.7. The van der Waals surface area contributed by atoms with Crippen LogP contribution in [0.2, 0.25) is 0 Å². The van der Waals surface area contributed by atoms with Gasteiger partial charge < -0.3 is 14.8 Å². The van der Waals surface area contributed by atoms with Gasteiger partial charge in [0.05, 0.1) is 11.4 Å². The maximum Gasteiger partial charge on any atom is 0.258 e. The summed E-state index contributed by atoms with van der Waals surface area (Å²) in [5.74, 6) is 1.17. The van der Waals surface area contributed by atoms with Gasteiger partial charge in [0.2, 0.25) is 10.0 Å². The lowest BCUT2D eigenvalue weighted by Gasteiger charge is -2.25. The number of ether oxygens (including phenoxy) is 2. The summed E-state index contributed by atoms with van der Waals surface area (Å²) in [5, 5.41) is 2.79. The van der Waals surface area contributed by atoms with Crippen LogP contribution in [0.25, 0.3) is 0 Å². The average molecular weight is 473 g/mol. The number of piperidine rings is 1. The van der Waals surface area contributed by atoms with Crippen molar-refractivity contribution in [2.24, 2.45) is 0 Å². The van der Waals surface area contributed by atoms with Crippen molar-refractivity contribution in [1.82, 2.24) is 9.62 Å². The highest BCUT2D eigenvalue weighted by molar-refractivity contribution is 7.89. The molecule has 8 heteroatoms. The normalized spacial score (nSPS) is 16.6. The minimum Gasteiger partial charge on any atom is -0.492 e. The summed E-state index contributed by atoms with van der Waals surface area (Å²) < 4.78 is 38.4. The zero-order valence-corrected chi connectivity index (χ0v) is 19.7. The Morgan fingerprint density at radius 3 is 2.45 bits per heavy atom. The number of nitrogens with zero attached hydrogens (tertiary/aromatic N) is 1. The number of benzene rings is 2. The fraction of sp³-hybridized carbons (Fsp3) is 0.480. The van der Waals surface area contributed by atoms with Gasteiger partial charge in [0, 0.05) is 13.1 Å². The molecule has 1 heterocycles. The van der Waals surface area contributed by atoms with E-state index in [4.69, 9.17) is 9.47 Å². The fourth-order valence-corrected chi connectivity index (χ4v) is 5.91. The van der Waals surface area contributed by atoms with Crippen LogP contribution in [0.4, 0.5) is 0 Å². The Hall–Kier alpha value is -2.58. The largest absolute Gasteiger partial charge is 0.492 e. The number of hydrogen-bond donors (Lipinski definition) is 1. The van der Waals surface area contributed by atoms with Crippen LogP contribution in [-0.4, -0.2) is 51.5 Å². The third-order valence-corrected chi connectivity index (χ3v) is 8.09. The molecule has 1 fully saturated rings. The molecule has 0 aromatic heterocycles. The van der Waals surface area contributed by atoms with Gasteiger partial charge in [-0.1, -0.05) is 18.6 Å². The molecule has 2 aromatic carbocycles. The van der Waals surface area contributed by atoms with Gasteiger partial charge in [-0.05, 0) is 80.0 Å². The first-order valence-corrected chi connectivity index (χ1v) is 13.2. The number of carbonyl (C=O) groups excluding carboxylic acids is 1. The first-order valence-electron chi connectivity index (χ1n) is 11.8. The molecule has 1 N–H and O–H groups in total. The number of fused-ring (bicyclic) bond motifs is 1. The van der Waals surface area contributed by atoms with Gasteiger partial charge in [-0.25, -0.2) is 8.42 Å². The molecule has 1 amide bonds. The number of aryl methyl sites for hydroxylation is 1. The van der Waals surface area contributed by atoms with Crippen LogP contribution >= 0.6 is 0 Å².